The number of carbonyl (C=O) groups excluding carboxylic acids is 2. The highest BCUT2D eigenvalue weighted by molar-refractivity contribution is 5.83. The predicted octanol–water partition coefficient (Wildman–Crippen LogP) is 0.150. The second kappa shape index (κ2) is 6.21. The van der Waals surface area contributed by atoms with Crippen molar-refractivity contribution in [2.75, 3.05) is 12.3 Å². The number of ether oxygens (including phenoxy) is 1. The molecular formula is C12H20N4O3. The van der Waals surface area contributed by atoms with Gasteiger partial charge in [-0.1, -0.05) is 0 Å². The van der Waals surface area contributed by atoms with Gasteiger partial charge in [-0.15, -0.1) is 0 Å². The second-order valence-corrected chi connectivity index (χ2v) is 4.27. The van der Waals surface area contributed by atoms with Gasteiger partial charge in [-0.3, -0.25) is 14.3 Å². The zero-order valence-corrected chi connectivity index (χ0v) is 11.7. The number of nitrogens with two attached hydrogens (primary N) is 1. The summed E-state index contributed by atoms with van der Waals surface area (Å²) in [7, 11) is 0. The summed E-state index contributed by atoms with van der Waals surface area (Å²) in [4.78, 5) is 23.1. The van der Waals surface area contributed by atoms with E-state index in [-0.39, 0.29) is 12.5 Å². The summed E-state index contributed by atoms with van der Waals surface area (Å²) >= 11 is 0. The second-order valence-electron chi connectivity index (χ2n) is 4.27. The van der Waals surface area contributed by atoms with Gasteiger partial charge in [0.1, 0.15) is 6.54 Å². The maximum Gasteiger partial charge on any atom is 0.328 e. The number of amides is 1. The molecule has 0 aliphatic heterocycles. The topological polar surface area (TPSA) is 99.2 Å². The van der Waals surface area contributed by atoms with Gasteiger partial charge in [0.15, 0.2) is 6.10 Å². The van der Waals surface area contributed by atoms with E-state index in [1.54, 1.807) is 20.8 Å². The smallest absolute Gasteiger partial charge is 0.328 e. The predicted molar refractivity (Wildman–Crippen MR) is 70.4 cm³/mol. The minimum Gasteiger partial charge on any atom is -0.451 e. The first-order valence-electron chi connectivity index (χ1n) is 6.13. The molecule has 1 atom stereocenters. The molecule has 1 amide bonds. The molecule has 106 valence electrons. The molecule has 1 heterocycles. The Balaban J connectivity index is 2.60. The van der Waals surface area contributed by atoms with Crippen LogP contribution in [0.25, 0.3) is 0 Å². The van der Waals surface area contributed by atoms with Crippen LogP contribution in [0, 0.1) is 13.8 Å². The summed E-state index contributed by atoms with van der Waals surface area (Å²) in [6, 6.07) is 0. The molecule has 1 unspecified atom stereocenters. The normalized spacial score (nSPS) is 12.0. The Morgan fingerprint density at radius 3 is 2.58 bits per heavy atom. The number of hydrogen-bond donors (Lipinski definition) is 2. The molecule has 1 aromatic heterocycles. The molecular weight excluding hydrogens is 248 g/mol. The maximum absolute atomic E-state index is 11.7. The number of nitrogen functional groups attached to an aromatic ring is 1. The average molecular weight is 268 g/mol. The Labute approximate surface area is 112 Å². The Morgan fingerprint density at radius 2 is 2.11 bits per heavy atom. The molecule has 0 spiro atoms. The van der Waals surface area contributed by atoms with Gasteiger partial charge in [0, 0.05) is 6.54 Å². The fourth-order valence-electron chi connectivity index (χ4n) is 1.59. The molecule has 0 saturated heterocycles. The summed E-state index contributed by atoms with van der Waals surface area (Å²) < 4.78 is 6.49. The van der Waals surface area contributed by atoms with E-state index in [1.165, 1.54) is 11.6 Å². The van der Waals surface area contributed by atoms with E-state index in [9.17, 15) is 9.59 Å². The third kappa shape index (κ3) is 3.70. The van der Waals surface area contributed by atoms with E-state index >= 15 is 0 Å². The highest BCUT2D eigenvalue weighted by atomic mass is 16.5. The molecule has 0 fully saturated rings. The fraction of sp³-hybridized carbons (Fsp3) is 0.583. The Hall–Kier alpha value is -2.05. The molecule has 0 aliphatic rings. The number of anilines is 1. The Bertz CT molecular complexity index is 482. The third-order valence-electron chi connectivity index (χ3n) is 2.74. The van der Waals surface area contributed by atoms with E-state index in [0.717, 1.165) is 0 Å². The van der Waals surface area contributed by atoms with Crippen LogP contribution in [0.4, 0.5) is 5.69 Å². The number of nitrogens with zero attached hydrogens (tertiary/aromatic N) is 2. The van der Waals surface area contributed by atoms with Crippen molar-refractivity contribution in [2.45, 2.75) is 40.3 Å². The Kier molecular flexibility index (Phi) is 4.91. The van der Waals surface area contributed by atoms with E-state index in [2.05, 4.69) is 10.4 Å². The number of nitrogens with one attached hydrogen (secondary N) is 1. The largest absolute Gasteiger partial charge is 0.451 e. The van der Waals surface area contributed by atoms with Crippen molar-refractivity contribution in [1.82, 2.24) is 15.1 Å². The SMILES string of the molecule is CCNC(=O)C(C)OC(=O)Cn1nc(C)c(N)c1C. The lowest BCUT2D eigenvalue weighted by Crippen LogP contribution is -2.36. The van der Waals surface area contributed by atoms with Crippen molar-refractivity contribution in [1.29, 1.82) is 0 Å². The van der Waals surface area contributed by atoms with Gasteiger partial charge in [-0.25, -0.2) is 0 Å². The number of likely N-dealkylation sites (N-methyl/N-ethyl adjacent to an activating group) is 1. The van der Waals surface area contributed by atoms with Crippen molar-refractivity contribution in [2.24, 2.45) is 0 Å². The van der Waals surface area contributed by atoms with Crippen LogP contribution in [0.2, 0.25) is 0 Å². The zero-order chi connectivity index (χ0) is 14.6. The van der Waals surface area contributed by atoms with Crippen LogP contribution in [0.1, 0.15) is 25.2 Å². The van der Waals surface area contributed by atoms with E-state index in [1.807, 2.05) is 0 Å². The van der Waals surface area contributed by atoms with Gasteiger partial charge < -0.3 is 15.8 Å². The van der Waals surface area contributed by atoms with Gasteiger partial charge in [0.25, 0.3) is 5.91 Å². The van der Waals surface area contributed by atoms with Gasteiger partial charge in [0.05, 0.1) is 17.1 Å². The highest BCUT2D eigenvalue weighted by Gasteiger charge is 2.18. The summed E-state index contributed by atoms with van der Waals surface area (Å²) in [5, 5.41) is 6.71. The first kappa shape index (κ1) is 15.0. The van der Waals surface area contributed by atoms with Gasteiger partial charge in [-0.2, -0.15) is 5.10 Å². The van der Waals surface area contributed by atoms with Gasteiger partial charge in [0.2, 0.25) is 0 Å². The molecule has 19 heavy (non-hydrogen) atoms. The van der Waals surface area contributed by atoms with Crippen molar-refractivity contribution in [3.8, 4) is 0 Å². The zero-order valence-electron chi connectivity index (χ0n) is 11.7. The quantitative estimate of drug-likeness (QED) is 0.740. The lowest BCUT2D eigenvalue weighted by Gasteiger charge is -2.13. The van der Waals surface area contributed by atoms with Gasteiger partial charge in [-0.05, 0) is 27.7 Å². The first-order valence-corrected chi connectivity index (χ1v) is 6.13. The molecule has 0 aliphatic carbocycles. The van der Waals surface area contributed by atoms with E-state index in [4.69, 9.17) is 10.5 Å². The standard InChI is InChI=1S/C12H20N4O3/c1-5-14-12(18)9(4)19-10(17)6-16-8(3)11(13)7(2)15-16/h9H,5-6,13H2,1-4H3,(H,14,18). The monoisotopic (exact) mass is 268 g/mol. The molecule has 1 aromatic rings. The summed E-state index contributed by atoms with van der Waals surface area (Å²) in [5.74, 6) is -0.840. The Morgan fingerprint density at radius 1 is 1.47 bits per heavy atom. The minimum absolute atomic E-state index is 0.0619. The lowest BCUT2D eigenvalue weighted by molar-refractivity contribution is -0.155. The van der Waals surface area contributed by atoms with Crippen LogP contribution in [-0.2, 0) is 20.9 Å². The number of aryl methyl sites for hydroxylation is 1. The van der Waals surface area contributed by atoms with Crippen molar-refractivity contribution >= 4 is 17.6 Å². The van der Waals surface area contributed by atoms with Crippen LogP contribution in [0.15, 0.2) is 0 Å². The molecule has 7 nitrogen and oxygen atoms in total. The van der Waals surface area contributed by atoms with Crippen LogP contribution in [-0.4, -0.2) is 34.3 Å². The molecule has 0 radical (unpaired) electrons. The van der Waals surface area contributed by atoms with Crippen LogP contribution in [0.3, 0.4) is 0 Å². The van der Waals surface area contributed by atoms with Gasteiger partial charge >= 0.3 is 5.97 Å². The summed E-state index contributed by atoms with van der Waals surface area (Å²) in [6.07, 6.45) is -0.818. The third-order valence-corrected chi connectivity index (χ3v) is 2.74. The van der Waals surface area contributed by atoms with Crippen molar-refractivity contribution < 1.29 is 14.3 Å². The number of carbonyl (C=O) groups is 2. The number of hydrogen-bond acceptors (Lipinski definition) is 5. The van der Waals surface area contributed by atoms with Crippen molar-refractivity contribution in [3.05, 3.63) is 11.4 Å². The number of aromatic nitrogens is 2. The van der Waals surface area contributed by atoms with E-state index in [0.29, 0.717) is 23.6 Å². The summed E-state index contributed by atoms with van der Waals surface area (Å²) in [5.41, 5.74) is 7.70. The molecule has 3 N–H and O–H groups in total. The minimum atomic E-state index is -0.818. The van der Waals surface area contributed by atoms with Crippen LogP contribution in [0.5, 0.6) is 0 Å². The first-order chi connectivity index (χ1) is 8.86. The van der Waals surface area contributed by atoms with Crippen LogP contribution >= 0.6 is 0 Å². The van der Waals surface area contributed by atoms with Crippen LogP contribution < -0.4 is 11.1 Å². The average Bonchev–Trinajstić information content (AvgIpc) is 2.57. The van der Waals surface area contributed by atoms with E-state index < -0.39 is 12.1 Å². The van der Waals surface area contributed by atoms with Crippen molar-refractivity contribution in [3.63, 3.8) is 0 Å². The molecule has 0 saturated carbocycles. The molecule has 0 aromatic carbocycles. The fourth-order valence-corrected chi connectivity index (χ4v) is 1.59. The lowest BCUT2D eigenvalue weighted by atomic mass is 10.3. The molecule has 0 bridgehead atoms. The maximum atomic E-state index is 11.7. The summed E-state index contributed by atoms with van der Waals surface area (Å²) in [6.45, 7) is 7.29. The number of rotatable bonds is 5. The molecule has 1 rings (SSSR count). The molecule has 7 heteroatoms. The number of esters is 1. The highest BCUT2D eigenvalue weighted by Crippen LogP contribution is 2.14.